The van der Waals surface area contributed by atoms with Crippen LogP contribution in [0.4, 0.5) is 0 Å². The molecular weight excluding hydrogens is 158 g/mol. The smallest absolute Gasteiger partial charge is 0.0101 e. The van der Waals surface area contributed by atoms with Crippen LogP contribution in [0.2, 0.25) is 0 Å². The molecule has 2 bridgehead atoms. The Hall–Kier alpha value is -0.0400. The second-order valence-corrected chi connectivity index (χ2v) is 5.77. The molecule has 0 aromatic rings. The third kappa shape index (κ3) is 0.823. The Morgan fingerprint density at radius 2 is 1.62 bits per heavy atom. The van der Waals surface area contributed by atoms with Crippen LogP contribution in [-0.4, -0.2) is 12.6 Å². The Morgan fingerprint density at radius 1 is 0.846 bits per heavy atom. The number of hydrogen-bond acceptors (Lipinski definition) is 1. The molecule has 0 amide bonds. The minimum absolute atomic E-state index is 0.943. The Bertz CT molecular complexity index is 215. The average molecular weight is 177 g/mol. The summed E-state index contributed by atoms with van der Waals surface area (Å²) in [7, 11) is 0. The number of hydrogen-bond donors (Lipinski definition) is 1. The number of fused-ring (bicyclic) bond motifs is 5. The highest BCUT2D eigenvalue weighted by atomic mass is 15.0. The topological polar surface area (TPSA) is 12.0 Å². The summed E-state index contributed by atoms with van der Waals surface area (Å²) in [6.45, 7) is 1.30. The predicted octanol–water partition coefficient (Wildman–Crippen LogP) is 2.03. The van der Waals surface area contributed by atoms with E-state index < -0.39 is 0 Å². The van der Waals surface area contributed by atoms with E-state index in [1.165, 1.54) is 43.1 Å². The quantitative estimate of drug-likeness (QED) is 0.646. The molecule has 0 aromatic carbocycles. The summed E-state index contributed by atoms with van der Waals surface area (Å²) in [6, 6.07) is 0.943. The van der Waals surface area contributed by atoms with Crippen molar-refractivity contribution in [2.45, 2.75) is 38.1 Å². The van der Waals surface area contributed by atoms with Crippen LogP contribution < -0.4 is 5.32 Å². The molecule has 1 heteroatoms. The molecule has 0 aromatic heterocycles. The lowest BCUT2D eigenvalue weighted by molar-refractivity contribution is 0.391. The van der Waals surface area contributed by atoms with Gasteiger partial charge in [-0.05, 0) is 68.2 Å². The molecule has 1 aliphatic heterocycles. The van der Waals surface area contributed by atoms with E-state index in [0.29, 0.717) is 0 Å². The van der Waals surface area contributed by atoms with Crippen molar-refractivity contribution in [1.82, 2.24) is 5.32 Å². The lowest BCUT2D eigenvalue weighted by Gasteiger charge is -2.14. The van der Waals surface area contributed by atoms with Gasteiger partial charge in [0.25, 0.3) is 0 Å². The molecule has 0 spiro atoms. The molecule has 1 saturated heterocycles. The fourth-order valence-electron chi connectivity index (χ4n) is 4.97. The Kier molecular flexibility index (Phi) is 1.29. The zero-order chi connectivity index (χ0) is 8.41. The summed E-state index contributed by atoms with van der Waals surface area (Å²) in [5.74, 6) is 5.85. The first-order chi connectivity index (χ1) is 6.45. The molecule has 4 fully saturated rings. The van der Waals surface area contributed by atoms with Gasteiger partial charge < -0.3 is 5.32 Å². The summed E-state index contributed by atoms with van der Waals surface area (Å²) in [5, 5.41) is 3.72. The van der Waals surface area contributed by atoms with Crippen molar-refractivity contribution in [3.05, 3.63) is 0 Å². The van der Waals surface area contributed by atoms with Gasteiger partial charge in [0.2, 0.25) is 0 Å². The van der Waals surface area contributed by atoms with Crippen molar-refractivity contribution in [3.63, 3.8) is 0 Å². The summed E-state index contributed by atoms with van der Waals surface area (Å²) in [6.07, 6.45) is 7.69. The average Bonchev–Trinajstić information content (AvgIpc) is 2.69. The Labute approximate surface area is 80.3 Å². The van der Waals surface area contributed by atoms with Crippen molar-refractivity contribution in [2.24, 2.45) is 29.6 Å². The normalized spacial score (nSPS) is 62.8. The molecule has 4 rings (SSSR count). The second kappa shape index (κ2) is 2.31. The Morgan fingerprint density at radius 3 is 2.23 bits per heavy atom. The maximum atomic E-state index is 3.72. The molecule has 4 aliphatic rings. The van der Waals surface area contributed by atoms with Crippen LogP contribution >= 0.6 is 0 Å². The van der Waals surface area contributed by atoms with Crippen LogP contribution in [-0.2, 0) is 0 Å². The maximum absolute atomic E-state index is 3.72. The van der Waals surface area contributed by atoms with E-state index in [1.54, 1.807) is 19.3 Å². The molecule has 3 aliphatic carbocycles. The van der Waals surface area contributed by atoms with Gasteiger partial charge in [-0.3, -0.25) is 0 Å². The van der Waals surface area contributed by atoms with Crippen molar-refractivity contribution in [1.29, 1.82) is 0 Å². The highest BCUT2D eigenvalue weighted by molar-refractivity contribution is 5.16. The van der Waals surface area contributed by atoms with Crippen LogP contribution in [0, 0.1) is 29.6 Å². The van der Waals surface area contributed by atoms with Crippen molar-refractivity contribution in [2.75, 3.05) is 6.54 Å². The molecule has 1 N–H and O–H groups in total. The van der Waals surface area contributed by atoms with E-state index in [9.17, 15) is 0 Å². The van der Waals surface area contributed by atoms with Gasteiger partial charge in [-0.15, -0.1) is 0 Å². The van der Waals surface area contributed by atoms with Crippen LogP contribution in [0.15, 0.2) is 0 Å². The van der Waals surface area contributed by atoms with Gasteiger partial charge in [0.1, 0.15) is 0 Å². The fourth-order valence-corrected chi connectivity index (χ4v) is 4.97. The first-order valence-corrected chi connectivity index (χ1v) is 6.18. The van der Waals surface area contributed by atoms with Crippen LogP contribution in [0.1, 0.15) is 32.1 Å². The molecule has 13 heavy (non-hydrogen) atoms. The largest absolute Gasteiger partial charge is 0.314 e. The Balaban J connectivity index is 1.55. The first-order valence-electron chi connectivity index (χ1n) is 6.18. The fraction of sp³-hybridized carbons (Fsp3) is 1.00. The highest BCUT2D eigenvalue weighted by Crippen LogP contribution is 2.70. The van der Waals surface area contributed by atoms with Crippen molar-refractivity contribution >= 4 is 0 Å². The van der Waals surface area contributed by atoms with Gasteiger partial charge in [0, 0.05) is 6.04 Å². The monoisotopic (exact) mass is 177 g/mol. The van der Waals surface area contributed by atoms with E-state index in [4.69, 9.17) is 0 Å². The van der Waals surface area contributed by atoms with Gasteiger partial charge in [-0.2, -0.15) is 0 Å². The highest BCUT2D eigenvalue weighted by Gasteiger charge is 2.66. The second-order valence-electron chi connectivity index (χ2n) is 5.77. The van der Waals surface area contributed by atoms with E-state index >= 15 is 0 Å². The van der Waals surface area contributed by atoms with E-state index in [-0.39, 0.29) is 0 Å². The molecule has 3 saturated carbocycles. The predicted molar refractivity (Wildman–Crippen MR) is 52.3 cm³/mol. The van der Waals surface area contributed by atoms with E-state index in [1.807, 2.05) is 0 Å². The summed E-state index contributed by atoms with van der Waals surface area (Å²) >= 11 is 0. The van der Waals surface area contributed by atoms with Gasteiger partial charge in [-0.25, -0.2) is 0 Å². The first kappa shape index (κ1) is 7.28. The van der Waals surface area contributed by atoms with Gasteiger partial charge in [0.15, 0.2) is 0 Å². The molecule has 72 valence electrons. The minimum Gasteiger partial charge on any atom is -0.314 e. The molecule has 1 nitrogen and oxygen atoms in total. The summed E-state index contributed by atoms with van der Waals surface area (Å²) < 4.78 is 0. The minimum atomic E-state index is 0.943. The van der Waals surface area contributed by atoms with Crippen molar-refractivity contribution in [3.8, 4) is 0 Å². The van der Waals surface area contributed by atoms with Crippen molar-refractivity contribution < 1.29 is 0 Å². The molecular formula is C12H19N. The van der Waals surface area contributed by atoms with E-state index in [0.717, 1.165) is 12.0 Å². The van der Waals surface area contributed by atoms with E-state index in [2.05, 4.69) is 5.32 Å². The van der Waals surface area contributed by atoms with Gasteiger partial charge in [0.05, 0.1) is 0 Å². The summed E-state index contributed by atoms with van der Waals surface area (Å²) in [4.78, 5) is 0. The summed E-state index contributed by atoms with van der Waals surface area (Å²) in [5.41, 5.74) is 0. The van der Waals surface area contributed by atoms with Crippen LogP contribution in [0.25, 0.3) is 0 Å². The zero-order valence-electron chi connectivity index (χ0n) is 8.21. The maximum Gasteiger partial charge on any atom is 0.0101 e. The van der Waals surface area contributed by atoms with Gasteiger partial charge >= 0.3 is 0 Å². The third-order valence-corrected chi connectivity index (χ3v) is 5.36. The van der Waals surface area contributed by atoms with Crippen LogP contribution in [0.3, 0.4) is 0 Å². The number of nitrogens with one attached hydrogen (secondary N) is 1. The molecule has 0 radical (unpaired) electrons. The number of rotatable bonds is 1. The molecule has 1 heterocycles. The zero-order valence-corrected chi connectivity index (χ0v) is 8.21. The lowest BCUT2D eigenvalue weighted by Crippen LogP contribution is -2.26. The standard InChI is InChI=1S/C12H19N/c1-2-9(13-5-1)12-10-7-3-4-8(6-7)11(10)12/h7-13H,1-6H2. The molecule has 5 atom stereocenters. The third-order valence-electron chi connectivity index (χ3n) is 5.36. The molecule has 5 unspecified atom stereocenters. The van der Waals surface area contributed by atoms with Crippen LogP contribution in [0.5, 0.6) is 0 Å². The SMILES string of the molecule is C1CNC(C2C3C4CCC(C4)C32)C1. The lowest BCUT2D eigenvalue weighted by atomic mass is 9.97. The van der Waals surface area contributed by atoms with Gasteiger partial charge in [-0.1, -0.05) is 0 Å².